The van der Waals surface area contributed by atoms with E-state index in [0.717, 1.165) is 17.9 Å². The first-order valence-corrected chi connectivity index (χ1v) is 10.3. The fourth-order valence-electron chi connectivity index (χ4n) is 2.48. The van der Waals surface area contributed by atoms with E-state index in [0.29, 0.717) is 25.3 Å². The van der Waals surface area contributed by atoms with Crippen LogP contribution in [0.5, 0.6) is 5.75 Å². The normalized spacial score (nSPS) is 11.8. The Morgan fingerprint density at radius 3 is 2.33 bits per heavy atom. The molecule has 8 heteroatoms. The molecule has 0 unspecified atom stereocenters. The van der Waals surface area contributed by atoms with Gasteiger partial charge in [0.25, 0.3) is 0 Å². The summed E-state index contributed by atoms with van der Waals surface area (Å²) in [6.45, 7) is 10.3. The third-order valence-corrected chi connectivity index (χ3v) is 3.71. The number of hydrogen-bond acceptors (Lipinski definition) is 5. The smallest absolute Gasteiger partial charge is 0.305 e. The summed E-state index contributed by atoms with van der Waals surface area (Å²) in [5, 5.41) is 9.29. The zero-order valence-electron chi connectivity index (χ0n) is 19.0. The van der Waals surface area contributed by atoms with Crippen LogP contribution in [-0.2, 0) is 14.3 Å². The second-order valence-electron chi connectivity index (χ2n) is 8.24. The average molecular weight is 421 g/mol. The third kappa shape index (κ3) is 11.9. The van der Waals surface area contributed by atoms with Gasteiger partial charge in [0.1, 0.15) is 12.3 Å². The van der Waals surface area contributed by atoms with Crippen LogP contribution in [0.15, 0.2) is 29.3 Å². The molecule has 0 aliphatic carbocycles. The number of methoxy groups -OCH3 is 1. The minimum absolute atomic E-state index is 0.00328. The van der Waals surface area contributed by atoms with Crippen molar-refractivity contribution in [2.24, 2.45) is 4.99 Å². The molecule has 1 aromatic rings. The van der Waals surface area contributed by atoms with Crippen molar-refractivity contribution >= 4 is 23.5 Å². The fourth-order valence-corrected chi connectivity index (χ4v) is 2.48. The van der Waals surface area contributed by atoms with Gasteiger partial charge in [-0.3, -0.25) is 9.59 Å². The van der Waals surface area contributed by atoms with Gasteiger partial charge in [-0.15, -0.1) is 0 Å². The number of esters is 1. The summed E-state index contributed by atoms with van der Waals surface area (Å²) >= 11 is 0. The van der Waals surface area contributed by atoms with E-state index in [2.05, 4.69) is 25.7 Å². The average Bonchev–Trinajstić information content (AvgIpc) is 2.65. The summed E-state index contributed by atoms with van der Waals surface area (Å²) in [7, 11) is 1.38. The lowest BCUT2D eigenvalue weighted by atomic mass is 10.1. The molecule has 0 aliphatic rings. The molecule has 0 atom stereocenters. The predicted octanol–water partition coefficient (Wildman–Crippen LogP) is 3.09. The zero-order chi connectivity index (χ0) is 22.6. The monoisotopic (exact) mass is 420 g/mol. The van der Waals surface area contributed by atoms with Crippen LogP contribution in [0.1, 0.15) is 53.9 Å². The molecule has 8 nitrogen and oxygen atoms in total. The lowest BCUT2D eigenvalue weighted by Gasteiger charge is -2.20. The molecule has 30 heavy (non-hydrogen) atoms. The van der Waals surface area contributed by atoms with Crippen LogP contribution >= 0.6 is 0 Å². The van der Waals surface area contributed by atoms with Crippen molar-refractivity contribution < 1.29 is 19.1 Å². The molecule has 1 aromatic carbocycles. The maximum absolute atomic E-state index is 12.1. The molecule has 0 saturated carbocycles. The first-order chi connectivity index (χ1) is 14.1. The molecule has 3 N–H and O–H groups in total. The molecular formula is C22H36N4O4. The van der Waals surface area contributed by atoms with Crippen molar-refractivity contribution in [1.29, 1.82) is 0 Å². The van der Waals surface area contributed by atoms with Crippen LogP contribution < -0.4 is 20.7 Å². The van der Waals surface area contributed by atoms with E-state index in [-0.39, 0.29) is 30.1 Å². The summed E-state index contributed by atoms with van der Waals surface area (Å²) < 4.78 is 10.3. The summed E-state index contributed by atoms with van der Waals surface area (Å²) in [6, 6.07) is 7.54. The fraction of sp³-hybridized carbons (Fsp3) is 0.591. The zero-order valence-corrected chi connectivity index (χ0v) is 19.0. The summed E-state index contributed by atoms with van der Waals surface area (Å²) in [6.07, 6.45) is 1.96. The highest BCUT2D eigenvalue weighted by Crippen LogP contribution is 2.16. The standard InChI is InChI=1S/C22H36N4O4/c1-16(2)30-18-12-10-17(11-13-18)25-21(23-14-8-7-9-20(28)29-6)24-15-19(27)26-22(3,4)5/h10-13,16H,7-9,14-15H2,1-6H3,(H,26,27)(H2,23,24,25). The highest BCUT2D eigenvalue weighted by atomic mass is 16.5. The molecule has 1 amide bonds. The predicted molar refractivity (Wildman–Crippen MR) is 120 cm³/mol. The number of amides is 1. The number of carbonyl (C=O) groups is 2. The number of benzene rings is 1. The molecule has 0 aliphatic heterocycles. The lowest BCUT2D eigenvalue weighted by Crippen LogP contribution is -2.42. The van der Waals surface area contributed by atoms with Gasteiger partial charge in [0.2, 0.25) is 5.91 Å². The second-order valence-corrected chi connectivity index (χ2v) is 8.24. The van der Waals surface area contributed by atoms with Gasteiger partial charge in [0.15, 0.2) is 5.96 Å². The maximum atomic E-state index is 12.1. The number of guanidine groups is 1. The van der Waals surface area contributed by atoms with Crippen molar-refractivity contribution in [1.82, 2.24) is 10.6 Å². The van der Waals surface area contributed by atoms with E-state index in [4.69, 9.17) is 4.74 Å². The van der Waals surface area contributed by atoms with E-state index in [1.165, 1.54) is 7.11 Å². The van der Waals surface area contributed by atoms with Gasteiger partial charge in [-0.25, -0.2) is 4.99 Å². The van der Waals surface area contributed by atoms with E-state index >= 15 is 0 Å². The van der Waals surface area contributed by atoms with Crippen molar-refractivity contribution in [3.63, 3.8) is 0 Å². The van der Waals surface area contributed by atoms with Crippen LogP contribution in [0, 0.1) is 0 Å². The number of anilines is 1. The quantitative estimate of drug-likeness (QED) is 0.233. The van der Waals surface area contributed by atoms with E-state index < -0.39 is 0 Å². The van der Waals surface area contributed by atoms with Crippen molar-refractivity contribution in [3.05, 3.63) is 24.3 Å². The number of ether oxygens (including phenoxy) is 2. The molecule has 0 bridgehead atoms. The third-order valence-electron chi connectivity index (χ3n) is 3.71. The summed E-state index contributed by atoms with van der Waals surface area (Å²) in [4.78, 5) is 27.7. The second kappa shape index (κ2) is 12.7. The Morgan fingerprint density at radius 1 is 1.10 bits per heavy atom. The van der Waals surface area contributed by atoms with E-state index in [9.17, 15) is 9.59 Å². The Morgan fingerprint density at radius 2 is 1.77 bits per heavy atom. The Labute approximate surface area is 179 Å². The number of rotatable bonds is 10. The molecule has 0 heterocycles. The van der Waals surface area contributed by atoms with E-state index in [1.807, 2.05) is 58.9 Å². The molecule has 0 fully saturated rings. The van der Waals surface area contributed by atoms with Gasteiger partial charge in [-0.1, -0.05) is 0 Å². The summed E-state index contributed by atoms with van der Waals surface area (Å²) in [5.41, 5.74) is 0.511. The van der Waals surface area contributed by atoms with Crippen molar-refractivity contribution in [2.45, 2.75) is 65.5 Å². The highest BCUT2D eigenvalue weighted by Gasteiger charge is 2.13. The van der Waals surface area contributed by atoms with Gasteiger partial charge >= 0.3 is 5.97 Å². The SMILES string of the molecule is COC(=O)CCCCNC(=NCC(=O)NC(C)(C)C)Nc1ccc(OC(C)C)cc1. The van der Waals surface area contributed by atoms with Gasteiger partial charge < -0.3 is 25.4 Å². The van der Waals surface area contributed by atoms with E-state index in [1.54, 1.807) is 0 Å². The van der Waals surface area contributed by atoms with Gasteiger partial charge in [0, 0.05) is 24.2 Å². The maximum Gasteiger partial charge on any atom is 0.305 e. The molecule has 0 aromatic heterocycles. The van der Waals surface area contributed by atoms with Crippen LogP contribution in [0.25, 0.3) is 0 Å². The first kappa shape index (κ1) is 25.3. The molecular weight excluding hydrogens is 384 g/mol. The number of carbonyl (C=O) groups excluding carboxylic acids is 2. The molecule has 0 radical (unpaired) electrons. The van der Waals surface area contributed by atoms with Crippen LogP contribution in [0.3, 0.4) is 0 Å². The number of unbranched alkanes of at least 4 members (excludes halogenated alkanes) is 1. The number of hydrogen-bond donors (Lipinski definition) is 3. The van der Waals surface area contributed by atoms with Crippen LogP contribution in [-0.4, -0.2) is 49.7 Å². The largest absolute Gasteiger partial charge is 0.491 e. The Hall–Kier alpha value is -2.77. The molecule has 1 rings (SSSR count). The van der Waals surface area contributed by atoms with Gasteiger partial charge in [-0.2, -0.15) is 0 Å². The Kier molecular flexibility index (Phi) is 10.7. The van der Waals surface area contributed by atoms with Crippen molar-refractivity contribution in [2.75, 3.05) is 25.5 Å². The lowest BCUT2D eigenvalue weighted by molar-refractivity contribution is -0.140. The molecule has 0 spiro atoms. The minimum Gasteiger partial charge on any atom is -0.491 e. The topological polar surface area (TPSA) is 101 Å². The summed E-state index contributed by atoms with van der Waals surface area (Å²) in [5.74, 6) is 0.906. The number of nitrogens with one attached hydrogen (secondary N) is 3. The number of nitrogens with zero attached hydrogens (tertiary/aromatic N) is 1. The molecule has 0 saturated heterocycles. The van der Waals surface area contributed by atoms with Crippen molar-refractivity contribution in [3.8, 4) is 5.75 Å². The Balaban J connectivity index is 2.69. The van der Waals surface area contributed by atoms with Gasteiger partial charge in [-0.05, 0) is 71.7 Å². The highest BCUT2D eigenvalue weighted by molar-refractivity contribution is 5.95. The van der Waals surface area contributed by atoms with Crippen LogP contribution in [0.4, 0.5) is 5.69 Å². The molecule has 168 valence electrons. The number of aliphatic imine (C=N–C) groups is 1. The van der Waals surface area contributed by atoms with Gasteiger partial charge in [0.05, 0.1) is 13.2 Å². The minimum atomic E-state index is -0.312. The first-order valence-electron chi connectivity index (χ1n) is 10.3. The van der Waals surface area contributed by atoms with Crippen LogP contribution in [0.2, 0.25) is 0 Å². The Bertz CT molecular complexity index is 694.